The Morgan fingerprint density at radius 3 is 2.52 bits per heavy atom. The molecule has 0 radical (unpaired) electrons. The standard InChI is InChI=1S/C23H25FN2O/c1-14(2)20-21(16-9-10-18(24)15(3)13-16)17-7-6-8-19(27)22(17)25-23(20)26-11-4-5-12-26/h6-10,13-14,27H,4-5,11-12H2,1-3H3. The van der Waals surface area contributed by atoms with Crippen molar-refractivity contribution in [1.82, 2.24) is 4.98 Å². The van der Waals surface area contributed by atoms with E-state index in [1.165, 1.54) is 11.6 Å². The number of nitrogens with zero attached hydrogens (tertiary/aromatic N) is 2. The number of hydrogen-bond donors (Lipinski definition) is 1. The Hall–Kier alpha value is -2.62. The van der Waals surface area contributed by atoms with Crippen LogP contribution in [-0.4, -0.2) is 23.2 Å². The zero-order valence-electron chi connectivity index (χ0n) is 16.1. The number of benzene rings is 2. The maximum atomic E-state index is 13.9. The second-order valence-electron chi connectivity index (χ2n) is 7.71. The maximum absolute atomic E-state index is 13.9. The predicted octanol–water partition coefficient (Wildman–Crippen LogP) is 5.78. The van der Waals surface area contributed by atoms with Gasteiger partial charge in [0.05, 0.1) is 0 Å². The summed E-state index contributed by atoms with van der Waals surface area (Å²) in [6.07, 6.45) is 2.31. The Morgan fingerprint density at radius 1 is 1.11 bits per heavy atom. The van der Waals surface area contributed by atoms with E-state index in [0.29, 0.717) is 11.1 Å². The molecule has 1 aromatic heterocycles. The zero-order chi connectivity index (χ0) is 19.1. The van der Waals surface area contributed by atoms with Crippen LogP contribution in [0.5, 0.6) is 5.75 Å². The fraction of sp³-hybridized carbons (Fsp3) is 0.348. The Kier molecular flexibility index (Phi) is 4.50. The predicted molar refractivity (Wildman–Crippen MR) is 109 cm³/mol. The molecule has 1 N–H and O–H groups in total. The summed E-state index contributed by atoms with van der Waals surface area (Å²) in [6.45, 7) is 8.09. The first-order valence-electron chi connectivity index (χ1n) is 9.64. The van der Waals surface area contributed by atoms with E-state index in [1.54, 1.807) is 13.0 Å². The van der Waals surface area contributed by atoms with Gasteiger partial charge in [0, 0.05) is 24.0 Å². The van der Waals surface area contributed by atoms with Crippen LogP contribution < -0.4 is 4.90 Å². The molecule has 0 spiro atoms. The second kappa shape index (κ2) is 6.84. The number of pyridine rings is 1. The minimum Gasteiger partial charge on any atom is -0.506 e. The topological polar surface area (TPSA) is 36.4 Å². The van der Waals surface area contributed by atoms with Gasteiger partial charge < -0.3 is 10.0 Å². The third-order valence-corrected chi connectivity index (χ3v) is 5.44. The SMILES string of the molecule is Cc1cc(-c2c(C(C)C)c(N3CCCC3)nc3c(O)cccc23)ccc1F. The fourth-order valence-corrected chi connectivity index (χ4v) is 4.10. The molecule has 0 atom stereocenters. The summed E-state index contributed by atoms with van der Waals surface area (Å²) < 4.78 is 13.9. The van der Waals surface area contributed by atoms with Crippen molar-refractivity contribution in [2.75, 3.05) is 18.0 Å². The first kappa shape index (κ1) is 17.8. The molecule has 4 rings (SSSR count). The Balaban J connectivity index is 2.11. The first-order valence-corrected chi connectivity index (χ1v) is 9.64. The first-order chi connectivity index (χ1) is 13.0. The molecule has 2 aromatic carbocycles. The van der Waals surface area contributed by atoms with Crippen LogP contribution in [-0.2, 0) is 0 Å². The second-order valence-corrected chi connectivity index (χ2v) is 7.71. The number of phenols is 1. The van der Waals surface area contributed by atoms with E-state index >= 15 is 0 Å². The number of aromatic nitrogens is 1. The van der Waals surface area contributed by atoms with Crippen molar-refractivity contribution in [3.8, 4) is 16.9 Å². The summed E-state index contributed by atoms with van der Waals surface area (Å²) in [6, 6.07) is 10.8. The highest BCUT2D eigenvalue weighted by molar-refractivity contribution is 6.01. The molecule has 0 unspecified atom stereocenters. The average Bonchev–Trinajstić information content (AvgIpc) is 3.17. The highest BCUT2D eigenvalue weighted by Gasteiger charge is 2.25. The van der Waals surface area contributed by atoms with Crippen molar-refractivity contribution in [3.63, 3.8) is 0 Å². The lowest BCUT2D eigenvalue weighted by atomic mass is 9.89. The Morgan fingerprint density at radius 2 is 1.85 bits per heavy atom. The summed E-state index contributed by atoms with van der Waals surface area (Å²) >= 11 is 0. The summed E-state index contributed by atoms with van der Waals surface area (Å²) in [5.41, 5.74) is 4.42. The van der Waals surface area contributed by atoms with Crippen LogP contribution in [0.3, 0.4) is 0 Å². The molecule has 0 amide bonds. The van der Waals surface area contributed by atoms with Gasteiger partial charge in [-0.2, -0.15) is 0 Å². The minimum atomic E-state index is -0.203. The summed E-state index contributed by atoms with van der Waals surface area (Å²) in [5, 5.41) is 11.4. The van der Waals surface area contributed by atoms with Crippen LogP contribution in [0.4, 0.5) is 10.2 Å². The number of rotatable bonds is 3. The van der Waals surface area contributed by atoms with Crippen molar-refractivity contribution in [2.24, 2.45) is 0 Å². The molecule has 0 bridgehead atoms. The molecule has 0 saturated carbocycles. The van der Waals surface area contributed by atoms with Crippen molar-refractivity contribution in [3.05, 3.63) is 53.3 Å². The number of fused-ring (bicyclic) bond motifs is 1. The Bertz CT molecular complexity index is 1010. The van der Waals surface area contributed by atoms with Gasteiger partial charge in [0.25, 0.3) is 0 Å². The minimum absolute atomic E-state index is 0.184. The molecule has 1 saturated heterocycles. The van der Waals surface area contributed by atoms with Gasteiger partial charge in [0.15, 0.2) is 0 Å². The van der Waals surface area contributed by atoms with Crippen LogP contribution in [0.15, 0.2) is 36.4 Å². The molecular weight excluding hydrogens is 339 g/mol. The van der Waals surface area contributed by atoms with Gasteiger partial charge in [-0.05, 0) is 60.6 Å². The average molecular weight is 364 g/mol. The summed E-state index contributed by atoms with van der Waals surface area (Å²) in [7, 11) is 0. The Labute approximate surface area is 159 Å². The highest BCUT2D eigenvalue weighted by Crippen LogP contribution is 2.43. The summed E-state index contributed by atoms with van der Waals surface area (Å²) in [5.74, 6) is 1.18. The lowest BCUT2D eigenvalue weighted by Gasteiger charge is -2.26. The number of phenolic OH excluding ortho intramolecular Hbond substituents is 1. The molecular formula is C23H25FN2O. The van der Waals surface area contributed by atoms with Crippen molar-refractivity contribution >= 4 is 16.7 Å². The van der Waals surface area contributed by atoms with Gasteiger partial charge in [0.2, 0.25) is 0 Å². The van der Waals surface area contributed by atoms with E-state index in [4.69, 9.17) is 4.98 Å². The molecule has 3 nitrogen and oxygen atoms in total. The molecule has 2 heterocycles. The van der Waals surface area contributed by atoms with Gasteiger partial charge in [-0.15, -0.1) is 0 Å². The normalized spacial score (nSPS) is 14.5. The van der Waals surface area contributed by atoms with Crippen molar-refractivity contribution < 1.29 is 9.50 Å². The fourth-order valence-electron chi connectivity index (χ4n) is 4.10. The third kappa shape index (κ3) is 3.03. The monoisotopic (exact) mass is 364 g/mol. The number of aromatic hydroxyl groups is 1. The summed E-state index contributed by atoms with van der Waals surface area (Å²) in [4.78, 5) is 7.23. The number of hydrogen-bond acceptors (Lipinski definition) is 3. The smallest absolute Gasteiger partial charge is 0.141 e. The van der Waals surface area contributed by atoms with Crippen molar-refractivity contribution in [1.29, 1.82) is 0 Å². The van der Waals surface area contributed by atoms with E-state index in [1.807, 2.05) is 24.3 Å². The molecule has 1 aliphatic heterocycles. The van der Waals surface area contributed by atoms with Crippen LogP contribution in [0.1, 0.15) is 43.7 Å². The molecule has 4 heteroatoms. The molecule has 0 aliphatic carbocycles. The lowest BCUT2D eigenvalue weighted by Crippen LogP contribution is -2.21. The molecule has 27 heavy (non-hydrogen) atoms. The molecule has 140 valence electrons. The lowest BCUT2D eigenvalue weighted by molar-refractivity contribution is 0.480. The van der Waals surface area contributed by atoms with Gasteiger partial charge in [-0.3, -0.25) is 0 Å². The molecule has 1 aliphatic rings. The van der Waals surface area contributed by atoms with Gasteiger partial charge >= 0.3 is 0 Å². The van der Waals surface area contributed by atoms with E-state index < -0.39 is 0 Å². The van der Waals surface area contributed by atoms with E-state index in [0.717, 1.165) is 48.3 Å². The number of anilines is 1. The van der Waals surface area contributed by atoms with Crippen LogP contribution >= 0.6 is 0 Å². The van der Waals surface area contributed by atoms with Crippen LogP contribution in [0, 0.1) is 12.7 Å². The van der Waals surface area contributed by atoms with Crippen LogP contribution in [0.2, 0.25) is 0 Å². The molecule has 1 fully saturated rings. The van der Waals surface area contributed by atoms with Crippen molar-refractivity contribution in [2.45, 2.75) is 39.5 Å². The van der Waals surface area contributed by atoms with Crippen LogP contribution in [0.25, 0.3) is 22.0 Å². The van der Waals surface area contributed by atoms with E-state index in [-0.39, 0.29) is 17.5 Å². The quantitative estimate of drug-likeness (QED) is 0.640. The largest absolute Gasteiger partial charge is 0.506 e. The zero-order valence-corrected chi connectivity index (χ0v) is 16.1. The number of para-hydroxylation sites is 1. The van der Waals surface area contributed by atoms with Gasteiger partial charge in [-0.1, -0.05) is 32.0 Å². The van der Waals surface area contributed by atoms with Gasteiger partial charge in [0.1, 0.15) is 22.9 Å². The number of aryl methyl sites for hydroxylation is 1. The third-order valence-electron chi connectivity index (χ3n) is 5.44. The number of halogens is 1. The van der Waals surface area contributed by atoms with E-state index in [9.17, 15) is 9.50 Å². The highest BCUT2D eigenvalue weighted by atomic mass is 19.1. The molecule has 3 aromatic rings. The van der Waals surface area contributed by atoms with Gasteiger partial charge in [-0.25, -0.2) is 9.37 Å². The maximum Gasteiger partial charge on any atom is 0.141 e. The van der Waals surface area contributed by atoms with E-state index in [2.05, 4.69) is 18.7 Å².